The van der Waals surface area contributed by atoms with E-state index in [0.717, 1.165) is 5.56 Å². The summed E-state index contributed by atoms with van der Waals surface area (Å²) < 4.78 is 15.9. The van der Waals surface area contributed by atoms with Crippen molar-refractivity contribution in [3.05, 3.63) is 18.2 Å². The van der Waals surface area contributed by atoms with Crippen LogP contribution in [0.5, 0.6) is 17.5 Å². The Morgan fingerprint density at radius 1 is 1.00 bits per heavy atom. The van der Waals surface area contributed by atoms with Crippen LogP contribution in [0.3, 0.4) is 0 Å². The molecule has 2 rings (SSSR count). The second-order valence-electron chi connectivity index (χ2n) is 4.05. The predicted molar refractivity (Wildman–Crippen MR) is 79.1 cm³/mol. The van der Waals surface area contributed by atoms with Gasteiger partial charge in [0.25, 0.3) is 0 Å². The normalized spacial score (nSPS) is 10.1. The number of hydrogen-bond donors (Lipinski definition) is 1. The van der Waals surface area contributed by atoms with E-state index in [1.54, 1.807) is 27.3 Å². The van der Waals surface area contributed by atoms with Crippen LogP contribution < -0.4 is 19.5 Å². The first-order valence-corrected chi connectivity index (χ1v) is 6.50. The molecule has 0 aliphatic carbocycles. The number of rotatable bonds is 6. The number of aromatic nitrogens is 3. The predicted octanol–water partition coefficient (Wildman–Crippen LogP) is 2.00. The number of anilines is 1. The lowest BCUT2D eigenvalue weighted by Crippen LogP contribution is -2.05. The number of hydrogen-bond acceptors (Lipinski definition) is 7. The Labute approximate surface area is 123 Å². The molecule has 7 nitrogen and oxygen atoms in total. The molecule has 0 amide bonds. The molecular formula is C14H18N4O3. The van der Waals surface area contributed by atoms with Crippen LogP contribution in [0.4, 0.5) is 5.95 Å². The van der Waals surface area contributed by atoms with Gasteiger partial charge in [-0.3, -0.25) is 0 Å². The number of benzene rings is 1. The van der Waals surface area contributed by atoms with E-state index in [9.17, 15) is 0 Å². The van der Waals surface area contributed by atoms with Gasteiger partial charge in [-0.2, -0.15) is 15.0 Å². The largest absolute Gasteiger partial charge is 0.497 e. The molecule has 0 saturated carbocycles. The standard InChI is InChI=1S/C14H18N4O3/c1-5-21-14-17-12(16-13(15-2)18-14)9-6-10(19-3)8-11(7-9)20-4/h6-8H,5H2,1-4H3,(H,15,16,17,18). The summed E-state index contributed by atoms with van der Waals surface area (Å²) in [7, 11) is 4.92. The third-order valence-electron chi connectivity index (χ3n) is 2.72. The zero-order valence-corrected chi connectivity index (χ0v) is 12.5. The molecule has 2 aromatic rings. The number of nitrogens with one attached hydrogen (secondary N) is 1. The fraction of sp³-hybridized carbons (Fsp3) is 0.357. The number of nitrogens with zero attached hydrogens (tertiary/aromatic N) is 3. The summed E-state index contributed by atoms with van der Waals surface area (Å²) in [6.07, 6.45) is 0. The smallest absolute Gasteiger partial charge is 0.321 e. The molecule has 0 aliphatic rings. The quantitative estimate of drug-likeness (QED) is 0.871. The van der Waals surface area contributed by atoms with Gasteiger partial charge in [0.1, 0.15) is 11.5 Å². The Morgan fingerprint density at radius 3 is 2.19 bits per heavy atom. The minimum absolute atomic E-state index is 0.272. The van der Waals surface area contributed by atoms with Crippen LogP contribution in [0.2, 0.25) is 0 Å². The van der Waals surface area contributed by atoms with E-state index in [1.165, 1.54) is 0 Å². The molecule has 0 atom stereocenters. The molecule has 1 aromatic heterocycles. The van der Waals surface area contributed by atoms with Crippen LogP contribution in [-0.2, 0) is 0 Å². The van der Waals surface area contributed by atoms with E-state index in [4.69, 9.17) is 14.2 Å². The van der Waals surface area contributed by atoms with E-state index in [1.807, 2.05) is 19.1 Å². The fourth-order valence-electron chi connectivity index (χ4n) is 1.73. The van der Waals surface area contributed by atoms with Gasteiger partial charge in [0.2, 0.25) is 5.95 Å². The lowest BCUT2D eigenvalue weighted by atomic mass is 10.2. The van der Waals surface area contributed by atoms with Crippen molar-refractivity contribution in [2.75, 3.05) is 33.2 Å². The molecule has 21 heavy (non-hydrogen) atoms. The first-order chi connectivity index (χ1) is 10.2. The third-order valence-corrected chi connectivity index (χ3v) is 2.72. The first-order valence-electron chi connectivity index (χ1n) is 6.50. The molecule has 0 saturated heterocycles. The lowest BCUT2D eigenvalue weighted by Gasteiger charge is -2.09. The van der Waals surface area contributed by atoms with Gasteiger partial charge in [-0.1, -0.05) is 0 Å². The number of ether oxygens (including phenoxy) is 3. The van der Waals surface area contributed by atoms with Crippen LogP contribution in [-0.4, -0.2) is 42.8 Å². The Bertz CT molecular complexity index is 597. The molecule has 0 spiro atoms. The molecule has 7 heteroatoms. The minimum atomic E-state index is 0.272. The Kier molecular flexibility index (Phi) is 4.76. The van der Waals surface area contributed by atoms with E-state index in [2.05, 4.69) is 20.3 Å². The van der Waals surface area contributed by atoms with Gasteiger partial charge in [0.05, 0.1) is 20.8 Å². The summed E-state index contributed by atoms with van der Waals surface area (Å²) in [6.45, 7) is 2.35. The minimum Gasteiger partial charge on any atom is -0.497 e. The molecule has 0 radical (unpaired) electrons. The van der Waals surface area contributed by atoms with Crippen LogP contribution in [0.15, 0.2) is 18.2 Å². The maximum Gasteiger partial charge on any atom is 0.321 e. The van der Waals surface area contributed by atoms with Crippen LogP contribution in [0.1, 0.15) is 6.92 Å². The molecule has 0 bridgehead atoms. The van der Waals surface area contributed by atoms with Crippen LogP contribution in [0, 0.1) is 0 Å². The lowest BCUT2D eigenvalue weighted by molar-refractivity contribution is 0.312. The van der Waals surface area contributed by atoms with E-state index in [-0.39, 0.29) is 6.01 Å². The second kappa shape index (κ2) is 6.74. The highest BCUT2D eigenvalue weighted by Crippen LogP contribution is 2.28. The summed E-state index contributed by atoms with van der Waals surface area (Å²) in [6, 6.07) is 5.71. The summed E-state index contributed by atoms with van der Waals surface area (Å²) in [5, 5.41) is 2.89. The second-order valence-corrected chi connectivity index (χ2v) is 4.05. The van der Waals surface area contributed by atoms with Gasteiger partial charge in [-0.05, 0) is 19.1 Å². The van der Waals surface area contributed by atoms with Crippen LogP contribution in [0.25, 0.3) is 11.4 Å². The maximum atomic E-state index is 5.36. The fourth-order valence-corrected chi connectivity index (χ4v) is 1.73. The summed E-state index contributed by atoms with van der Waals surface area (Å²) in [5.74, 6) is 2.24. The highest BCUT2D eigenvalue weighted by atomic mass is 16.5. The highest BCUT2D eigenvalue weighted by molar-refractivity contribution is 5.62. The van der Waals surface area contributed by atoms with Crippen molar-refractivity contribution < 1.29 is 14.2 Å². The highest BCUT2D eigenvalue weighted by Gasteiger charge is 2.11. The average molecular weight is 290 g/mol. The zero-order valence-electron chi connectivity index (χ0n) is 12.5. The van der Waals surface area contributed by atoms with Gasteiger partial charge in [-0.25, -0.2) is 0 Å². The zero-order chi connectivity index (χ0) is 15.2. The number of methoxy groups -OCH3 is 2. The maximum absolute atomic E-state index is 5.36. The third kappa shape index (κ3) is 3.50. The van der Waals surface area contributed by atoms with Crippen molar-refractivity contribution in [1.82, 2.24) is 15.0 Å². The molecule has 1 heterocycles. The summed E-state index contributed by atoms with van der Waals surface area (Å²) in [4.78, 5) is 12.8. The molecule has 112 valence electrons. The Balaban J connectivity index is 2.51. The van der Waals surface area contributed by atoms with Gasteiger partial charge in [-0.15, -0.1) is 0 Å². The van der Waals surface area contributed by atoms with E-state index in [0.29, 0.717) is 29.9 Å². The van der Waals surface area contributed by atoms with Crippen molar-refractivity contribution >= 4 is 5.95 Å². The van der Waals surface area contributed by atoms with Crippen molar-refractivity contribution in [3.63, 3.8) is 0 Å². The van der Waals surface area contributed by atoms with Crippen LogP contribution >= 0.6 is 0 Å². The van der Waals surface area contributed by atoms with Crippen molar-refractivity contribution in [2.24, 2.45) is 0 Å². The summed E-state index contributed by atoms with van der Waals surface area (Å²) in [5.41, 5.74) is 0.756. The SMILES string of the molecule is CCOc1nc(NC)nc(-c2cc(OC)cc(OC)c2)n1. The average Bonchev–Trinajstić information content (AvgIpc) is 2.54. The molecule has 0 fully saturated rings. The van der Waals surface area contributed by atoms with Gasteiger partial charge < -0.3 is 19.5 Å². The van der Waals surface area contributed by atoms with Crippen molar-refractivity contribution in [1.29, 1.82) is 0 Å². The Morgan fingerprint density at radius 2 is 1.67 bits per heavy atom. The molecule has 0 aliphatic heterocycles. The van der Waals surface area contributed by atoms with E-state index >= 15 is 0 Å². The molecule has 0 unspecified atom stereocenters. The molecule has 1 N–H and O–H groups in total. The first kappa shape index (κ1) is 14.8. The van der Waals surface area contributed by atoms with Gasteiger partial charge >= 0.3 is 6.01 Å². The molecule has 1 aromatic carbocycles. The monoisotopic (exact) mass is 290 g/mol. The molecular weight excluding hydrogens is 272 g/mol. The summed E-state index contributed by atoms with van der Waals surface area (Å²) >= 11 is 0. The Hall–Kier alpha value is -2.57. The topological polar surface area (TPSA) is 78.4 Å². The van der Waals surface area contributed by atoms with Gasteiger partial charge in [0, 0.05) is 18.7 Å². The van der Waals surface area contributed by atoms with E-state index < -0.39 is 0 Å². The van der Waals surface area contributed by atoms with Crippen molar-refractivity contribution in [3.8, 4) is 28.9 Å². The van der Waals surface area contributed by atoms with Gasteiger partial charge in [0.15, 0.2) is 5.82 Å². The van der Waals surface area contributed by atoms with Crippen molar-refractivity contribution in [2.45, 2.75) is 6.92 Å².